The molecule has 7 heteroatoms. The molecule has 0 bridgehead atoms. The highest BCUT2D eigenvalue weighted by molar-refractivity contribution is 7.80. The van der Waals surface area contributed by atoms with E-state index in [-0.39, 0.29) is 11.0 Å². The zero-order valence-corrected chi connectivity index (χ0v) is 17.3. The van der Waals surface area contributed by atoms with Crippen molar-refractivity contribution in [2.75, 3.05) is 5.32 Å². The third-order valence-corrected chi connectivity index (χ3v) is 6.07. The van der Waals surface area contributed by atoms with E-state index < -0.39 is 5.91 Å². The molecule has 5 nitrogen and oxygen atoms in total. The van der Waals surface area contributed by atoms with Crippen molar-refractivity contribution in [3.8, 4) is 0 Å². The Morgan fingerprint density at radius 1 is 1.22 bits per heavy atom. The number of nitrogens with one attached hydrogen (secondary N) is 2. The number of carbonyl (C=O) groups excluding carboxylic acids is 2. The number of primary amides is 1. The molecule has 0 saturated carbocycles. The van der Waals surface area contributed by atoms with Gasteiger partial charge in [-0.05, 0) is 68.9 Å². The molecule has 0 fully saturated rings. The Kier molecular flexibility index (Phi) is 5.62. The van der Waals surface area contributed by atoms with E-state index in [9.17, 15) is 9.59 Å². The van der Waals surface area contributed by atoms with Crippen LogP contribution < -0.4 is 16.4 Å². The lowest BCUT2D eigenvalue weighted by Crippen LogP contribution is -2.34. The van der Waals surface area contributed by atoms with E-state index >= 15 is 0 Å². The molecule has 0 spiro atoms. The quantitative estimate of drug-likeness (QED) is 0.685. The van der Waals surface area contributed by atoms with Gasteiger partial charge in [0.1, 0.15) is 5.00 Å². The average molecular weight is 402 g/mol. The molecule has 0 radical (unpaired) electrons. The minimum Gasteiger partial charge on any atom is -0.365 e. The van der Waals surface area contributed by atoms with E-state index in [1.54, 1.807) is 0 Å². The van der Waals surface area contributed by atoms with Crippen LogP contribution in [0.5, 0.6) is 0 Å². The number of aryl methyl sites for hydroxylation is 2. The Labute approximate surface area is 168 Å². The summed E-state index contributed by atoms with van der Waals surface area (Å²) in [6.45, 7) is 6.09. The minimum atomic E-state index is -0.465. The molecule has 1 aliphatic rings. The molecule has 1 heterocycles. The van der Waals surface area contributed by atoms with Crippen LogP contribution in [-0.4, -0.2) is 16.9 Å². The predicted octanol–water partition coefficient (Wildman–Crippen LogP) is 3.72. The van der Waals surface area contributed by atoms with Crippen molar-refractivity contribution in [1.29, 1.82) is 0 Å². The monoisotopic (exact) mass is 401 g/mol. The molecule has 2 amide bonds. The molecule has 1 aromatic heterocycles. The van der Waals surface area contributed by atoms with Gasteiger partial charge < -0.3 is 11.1 Å². The van der Waals surface area contributed by atoms with Gasteiger partial charge in [0.05, 0.1) is 5.56 Å². The van der Waals surface area contributed by atoms with E-state index in [0.29, 0.717) is 22.0 Å². The van der Waals surface area contributed by atoms with Gasteiger partial charge in [-0.3, -0.25) is 14.9 Å². The number of benzene rings is 1. The number of fused-ring (bicyclic) bond motifs is 1. The maximum atomic E-state index is 12.5. The molecule has 0 saturated heterocycles. The summed E-state index contributed by atoms with van der Waals surface area (Å²) in [7, 11) is 0. The van der Waals surface area contributed by atoms with Crippen molar-refractivity contribution in [3.63, 3.8) is 0 Å². The fourth-order valence-electron chi connectivity index (χ4n) is 3.51. The van der Waals surface area contributed by atoms with Crippen molar-refractivity contribution in [1.82, 2.24) is 5.32 Å². The summed E-state index contributed by atoms with van der Waals surface area (Å²) in [6, 6.07) is 5.62. The fourth-order valence-corrected chi connectivity index (χ4v) is 5.19. The summed E-state index contributed by atoms with van der Waals surface area (Å²) in [5.74, 6) is -0.163. The molecule has 1 aliphatic carbocycles. The smallest absolute Gasteiger partial charge is 0.257 e. The van der Waals surface area contributed by atoms with Crippen LogP contribution in [0.25, 0.3) is 0 Å². The minimum absolute atomic E-state index is 0.160. The first-order valence-corrected chi connectivity index (χ1v) is 10.1. The average Bonchev–Trinajstić information content (AvgIpc) is 2.90. The molecule has 1 atom stereocenters. The van der Waals surface area contributed by atoms with Crippen LogP contribution in [0, 0.1) is 19.8 Å². The number of thiophene rings is 1. The maximum Gasteiger partial charge on any atom is 0.257 e. The van der Waals surface area contributed by atoms with Gasteiger partial charge in [-0.1, -0.05) is 24.1 Å². The number of thiocarbonyl (C=S) groups is 1. The number of hydrogen-bond acceptors (Lipinski definition) is 4. The van der Waals surface area contributed by atoms with E-state index in [0.717, 1.165) is 36.0 Å². The molecule has 4 N–H and O–H groups in total. The van der Waals surface area contributed by atoms with Crippen molar-refractivity contribution < 1.29 is 9.59 Å². The molecular weight excluding hydrogens is 378 g/mol. The van der Waals surface area contributed by atoms with Crippen LogP contribution in [-0.2, 0) is 12.8 Å². The van der Waals surface area contributed by atoms with Crippen molar-refractivity contribution in [2.45, 2.75) is 40.0 Å². The summed E-state index contributed by atoms with van der Waals surface area (Å²) >= 11 is 6.80. The summed E-state index contributed by atoms with van der Waals surface area (Å²) in [4.78, 5) is 25.6. The van der Waals surface area contributed by atoms with Gasteiger partial charge in [-0.25, -0.2) is 0 Å². The van der Waals surface area contributed by atoms with E-state index in [4.69, 9.17) is 18.0 Å². The second-order valence-corrected chi connectivity index (χ2v) is 8.72. The summed E-state index contributed by atoms with van der Waals surface area (Å²) < 4.78 is 0. The fraction of sp³-hybridized carbons (Fsp3) is 0.350. The first kappa shape index (κ1) is 19.5. The zero-order chi connectivity index (χ0) is 19.7. The Morgan fingerprint density at radius 3 is 2.52 bits per heavy atom. The van der Waals surface area contributed by atoms with Gasteiger partial charge >= 0.3 is 0 Å². The van der Waals surface area contributed by atoms with Crippen LogP contribution in [0.1, 0.15) is 55.6 Å². The number of carbonyl (C=O) groups is 2. The summed E-state index contributed by atoms with van der Waals surface area (Å²) in [5, 5.41) is 6.48. The van der Waals surface area contributed by atoms with Crippen molar-refractivity contribution >= 4 is 45.5 Å². The third-order valence-electron chi connectivity index (χ3n) is 4.70. The molecule has 142 valence electrons. The largest absolute Gasteiger partial charge is 0.365 e. The molecule has 27 heavy (non-hydrogen) atoms. The van der Waals surface area contributed by atoms with E-state index in [1.165, 1.54) is 16.2 Å². The lowest BCUT2D eigenvalue weighted by Gasteiger charge is -2.18. The van der Waals surface area contributed by atoms with Crippen LogP contribution in [0.15, 0.2) is 18.2 Å². The van der Waals surface area contributed by atoms with Gasteiger partial charge in [-0.15, -0.1) is 11.3 Å². The van der Waals surface area contributed by atoms with Crippen LogP contribution in [0.2, 0.25) is 0 Å². The van der Waals surface area contributed by atoms with Crippen LogP contribution in [0.4, 0.5) is 5.00 Å². The van der Waals surface area contributed by atoms with Gasteiger partial charge in [0, 0.05) is 10.4 Å². The zero-order valence-electron chi connectivity index (χ0n) is 15.6. The normalized spacial score (nSPS) is 15.7. The number of rotatable bonds is 3. The van der Waals surface area contributed by atoms with Gasteiger partial charge in [0.25, 0.3) is 11.8 Å². The number of anilines is 1. The second kappa shape index (κ2) is 7.78. The first-order valence-electron chi connectivity index (χ1n) is 8.89. The molecule has 1 aromatic carbocycles. The lowest BCUT2D eigenvalue weighted by atomic mass is 9.88. The number of amides is 2. The summed E-state index contributed by atoms with van der Waals surface area (Å²) in [5.41, 5.74) is 9.71. The van der Waals surface area contributed by atoms with Crippen LogP contribution >= 0.6 is 23.6 Å². The first-order chi connectivity index (χ1) is 12.7. The topological polar surface area (TPSA) is 84.2 Å². The van der Waals surface area contributed by atoms with Gasteiger partial charge in [0.15, 0.2) is 5.11 Å². The molecule has 0 aliphatic heterocycles. The Bertz CT molecular complexity index is 913. The van der Waals surface area contributed by atoms with E-state index in [1.807, 2.05) is 32.0 Å². The van der Waals surface area contributed by atoms with Crippen LogP contribution in [0.3, 0.4) is 0 Å². The van der Waals surface area contributed by atoms with Gasteiger partial charge in [-0.2, -0.15) is 0 Å². The number of hydrogen-bond donors (Lipinski definition) is 3. The Hall–Kier alpha value is -2.25. The van der Waals surface area contributed by atoms with E-state index in [2.05, 4.69) is 17.6 Å². The maximum absolute atomic E-state index is 12.5. The Balaban J connectivity index is 1.78. The standard InChI is InChI=1S/C20H23N3O2S2/c1-10-4-5-14-15(9-10)27-19(16(14)17(21)24)23-20(26)22-18(25)13-7-11(2)6-12(3)8-13/h6-8,10H,4-5,9H2,1-3H3,(H2,21,24)(H2,22,23,25,26)/t10-/m0/s1. The highest BCUT2D eigenvalue weighted by atomic mass is 32.1. The Morgan fingerprint density at radius 2 is 1.89 bits per heavy atom. The highest BCUT2D eigenvalue weighted by Crippen LogP contribution is 2.39. The second-order valence-electron chi connectivity index (χ2n) is 7.20. The molecule has 2 aromatic rings. The highest BCUT2D eigenvalue weighted by Gasteiger charge is 2.27. The lowest BCUT2D eigenvalue weighted by molar-refractivity contribution is 0.0975. The van der Waals surface area contributed by atoms with Crippen molar-refractivity contribution in [2.24, 2.45) is 11.7 Å². The molecule has 3 rings (SSSR count). The molecular formula is C20H23N3O2S2. The number of nitrogens with two attached hydrogens (primary N) is 1. The predicted molar refractivity (Wildman–Crippen MR) is 114 cm³/mol. The molecule has 0 unspecified atom stereocenters. The van der Waals surface area contributed by atoms with Gasteiger partial charge in [0.2, 0.25) is 0 Å². The SMILES string of the molecule is Cc1cc(C)cc(C(=O)NC(=S)Nc2sc3c(c2C(N)=O)CC[C@H](C)C3)c1. The van der Waals surface area contributed by atoms with Crippen molar-refractivity contribution in [3.05, 3.63) is 50.9 Å². The third kappa shape index (κ3) is 4.36. The summed E-state index contributed by atoms with van der Waals surface area (Å²) in [6.07, 6.45) is 2.82.